The van der Waals surface area contributed by atoms with Crippen LogP contribution in [0.15, 0.2) is 0 Å². The van der Waals surface area contributed by atoms with E-state index in [1.807, 2.05) is 0 Å². The largest absolute Gasteiger partial charge is 0.392 e. The molecule has 10 heavy (non-hydrogen) atoms. The van der Waals surface area contributed by atoms with Crippen molar-refractivity contribution in [1.82, 2.24) is 0 Å². The van der Waals surface area contributed by atoms with Gasteiger partial charge in [-0.3, -0.25) is 0 Å². The van der Waals surface area contributed by atoms with Crippen LogP contribution < -0.4 is 0 Å². The van der Waals surface area contributed by atoms with Crippen LogP contribution in [0.1, 0.15) is 32.1 Å². The number of rotatable bonds is 0. The highest BCUT2D eigenvalue weighted by atomic mass is 16.3. The first-order valence-corrected chi connectivity index (χ1v) is 3.99. The third-order valence-electron chi connectivity index (χ3n) is 2.19. The lowest BCUT2D eigenvalue weighted by atomic mass is 9.99. The van der Waals surface area contributed by atoms with Gasteiger partial charge in [-0.1, -0.05) is 19.3 Å². The summed E-state index contributed by atoms with van der Waals surface area (Å²) in [6.07, 6.45) is 10.5. The molecule has 1 fully saturated rings. The fourth-order valence-electron chi connectivity index (χ4n) is 1.48. The first kappa shape index (κ1) is 7.63. The van der Waals surface area contributed by atoms with Crippen LogP contribution in [-0.2, 0) is 0 Å². The molecule has 0 unspecified atom stereocenters. The third-order valence-corrected chi connectivity index (χ3v) is 2.19. The Morgan fingerprint density at radius 2 is 1.90 bits per heavy atom. The zero-order valence-electron chi connectivity index (χ0n) is 6.21. The standard InChI is InChI=1S/C9H14O/c1-2-8-6-4-3-5-7-9(8)10/h1,8-10H,3-7H2/t8-,9-/m1/s1. The van der Waals surface area contributed by atoms with Gasteiger partial charge in [0.1, 0.15) is 0 Å². The zero-order chi connectivity index (χ0) is 7.40. The monoisotopic (exact) mass is 138 g/mol. The Bertz CT molecular complexity index is 134. The van der Waals surface area contributed by atoms with Gasteiger partial charge in [0.25, 0.3) is 0 Å². The van der Waals surface area contributed by atoms with Crippen LogP contribution in [0.3, 0.4) is 0 Å². The third kappa shape index (κ3) is 1.75. The van der Waals surface area contributed by atoms with Crippen LogP contribution in [0.2, 0.25) is 0 Å². The lowest BCUT2D eigenvalue weighted by Crippen LogP contribution is -2.16. The summed E-state index contributed by atoms with van der Waals surface area (Å²) in [5.74, 6) is 2.77. The number of aliphatic hydroxyl groups excluding tert-OH is 1. The number of terminal acetylenes is 1. The lowest BCUT2D eigenvalue weighted by Gasteiger charge is -2.12. The van der Waals surface area contributed by atoms with Crippen LogP contribution in [-0.4, -0.2) is 11.2 Å². The van der Waals surface area contributed by atoms with Crippen LogP contribution in [0.5, 0.6) is 0 Å². The molecule has 1 aliphatic carbocycles. The van der Waals surface area contributed by atoms with Gasteiger partial charge in [0.2, 0.25) is 0 Å². The van der Waals surface area contributed by atoms with Gasteiger partial charge in [-0.2, -0.15) is 0 Å². The van der Waals surface area contributed by atoms with E-state index in [4.69, 9.17) is 6.42 Å². The van der Waals surface area contributed by atoms with E-state index in [0.29, 0.717) is 0 Å². The van der Waals surface area contributed by atoms with Crippen molar-refractivity contribution < 1.29 is 5.11 Å². The number of hydrogen-bond acceptors (Lipinski definition) is 1. The molecule has 2 atom stereocenters. The molecule has 0 spiro atoms. The molecular formula is C9H14O. The minimum Gasteiger partial charge on any atom is -0.392 e. The van der Waals surface area contributed by atoms with Gasteiger partial charge < -0.3 is 5.11 Å². The molecule has 1 saturated carbocycles. The van der Waals surface area contributed by atoms with Crippen molar-refractivity contribution in [3.8, 4) is 12.3 Å². The normalized spacial score (nSPS) is 34.4. The topological polar surface area (TPSA) is 20.2 Å². The number of aliphatic hydroxyl groups is 1. The summed E-state index contributed by atoms with van der Waals surface area (Å²) in [6.45, 7) is 0. The van der Waals surface area contributed by atoms with Crippen molar-refractivity contribution in [2.45, 2.75) is 38.2 Å². The Labute approximate surface area is 62.4 Å². The average molecular weight is 138 g/mol. The minimum atomic E-state index is -0.229. The molecule has 0 radical (unpaired) electrons. The van der Waals surface area contributed by atoms with E-state index in [-0.39, 0.29) is 12.0 Å². The Morgan fingerprint density at radius 3 is 2.60 bits per heavy atom. The fraction of sp³-hybridized carbons (Fsp3) is 0.778. The molecule has 0 bridgehead atoms. The first-order chi connectivity index (χ1) is 4.84. The molecule has 1 rings (SSSR count). The SMILES string of the molecule is C#C[C@@H]1CCCCC[C@H]1O. The molecule has 0 heterocycles. The van der Waals surface area contributed by atoms with Gasteiger partial charge in [0, 0.05) is 5.92 Å². The van der Waals surface area contributed by atoms with E-state index >= 15 is 0 Å². The fourth-order valence-corrected chi connectivity index (χ4v) is 1.48. The Hall–Kier alpha value is -0.480. The summed E-state index contributed by atoms with van der Waals surface area (Å²) >= 11 is 0. The van der Waals surface area contributed by atoms with Gasteiger partial charge in [-0.05, 0) is 12.8 Å². The van der Waals surface area contributed by atoms with Crippen LogP contribution in [0.4, 0.5) is 0 Å². The van der Waals surface area contributed by atoms with Crippen LogP contribution >= 0.6 is 0 Å². The van der Waals surface area contributed by atoms with Gasteiger partial charge in [0.15, 0.2) is 0 Å². The van der Waals surface area contributed by atoms with Crippen molar-refractivity contribution >= 4 is 0 Å². The molecule has 1 nitrogen and oxygen atoms in total. The summed E-state index contributed by atoms with van der Waals surface area (Å²) in [5, 5.41) is 9.41. The highest BCUT2D eigenvalue weighted by Gasteiger charge is 2.18. The Morgan fingerprint density at radius 1 is 1.20 bits per heavy atom. The summed E-state index contributed by atoms with van der Waals surface area (Å²) in [7, 11) is 0. The molecule has 0 amide bonds. The van der Waals surface area contributed by atoms with Crippen molar-refractivity contribution in [3.63, 3.8) is 0 Å². The smallest absolute Gasteiger partial charge is 0.0677 e. The van der Waals surface area contributed by atoms with Crippen LogP contribution in [0, 0.1) is 18.3 Å². The van der Waals surface area contributed by atoms with E-state index in [1.165, 1.54) is 12.8 Å². The maximum atomic E-state index is 9.41. The lowest BCUT2D eigenvalue weighted by molar-refractivity contribution is 0.127. The minimum absolute atomic E-state index is 0.127. The predicted octanol–water partition coefficient (Wildman–Crippen LogP) is 1.56. The maximum absolute atomic E-state index is 9.41. The second-order valence-electron chi connectivity index (χ2n) is 2.98. The van der Waals surface area contributed by atoms with Crippen molar-refractivity contribution in [3.05, 3.63) is 0 Å². The highest BCUT2D eigenvalue weighted by molar-refractivity contribution is 4.97. The molecule has 0 saturated heterocycles. The molecule has 0 aromatic carbocycles. The van der Waals surface area contributed by atoms with E-state index in [1.54, 1.807) is 0 Å². The van der Waals surface area contributed by atoms with Gasteiger partial charge in [-0.25, -0.2) is 0 Å². The van der Waals surface area contributed by atoms with E-state index in [2.05, 4.69) is 5.92 Å². The molecular weight excluding hydrogens is 124 g/mol. The quantitative estimate of drug-likeness (QED) is 0.398. The highest BCUT2D eigenvalue weighted by Crippen LogP contribution is 2.22. The second-order valence-corrected chi connectivity index (χ2v) is 2.98. The maximum Gasteiger partial charge on any atom is 0.0677 e. The summed E-state index contributed by atoms with van der Waals surface area (Å²) < 4.78 is 0. The molecule has 0 aromatic heterocycles. The number of hydrogen-bond donors (Lipinski definition) is 1. The summed E-state index contributed by atoms with van der Waals surface area (Å²) in [4.78, 5) is 0. The zero-order valence-corrected chi connectivity index (χ0v) is 6.21. The van der Waals surface area contributed by atoms with E-state index in [0.717, 1.165) is 19.3 Å². The predicted molar refractivity (Wildman–Crippen MR) is 41.4 cm³/mol. The van der Waals surface area contributed by atoms with Crippen molar-refractivity contribution in [2.24, 2.45) is 5.92 Å². The van der Waals surface area contributed by atoms with E-state index < -0.39 is 0 Å². The van der Waals surface area contributed by atoms with Gasteiger partial charge >= 0.3 is 0 Å². The summed E-state index contributed by atoms with van der Waals surface area (Å²) in [5.41, 5.74) is 0. The van der Waals surface area contributed by atoms with Crippen LogP contribution in [0.25, 0.3) is 0 Å². The average Bonchev–Trinajstić information content (AvgIpc) is 2.13. The molecule has 1 heteroatoms. The molecule has 0 aromatic rings. The molecule has 0 aliphatic heterocycles. The van der Waals surface area contributed by atoms with Crippen molar-refractivity contribution in [1.29, 1.82) is 0 Å². The molecule has 1 N–H and O–H groups in total. The Balaban J connectivity index is 2.45. The second kappa shape index (κ2) is 3.63. The van der Waals surface area contributed by atoms with E-state index in [9.17, 15) is 5.11 Å². The van der Waals surface area contributed by atoms with Gasteiger partial charge in [0.05, 0.1) is 6.10 Å². The molecule has 56 valence electrons. The Kier molecular flexibility index (Phi) is 2.77. The molecule has 1 aliphatic rings. The van der Waals surface area contributed by atoms with Crippen molar-refractivity contribution in [2.75, 3.05) is 0 Å². The van der Waals surface area contributed by atoms with Gasteiger partial charge in [-0.15, -0.1) is 12.3 Å². The first-order valence-electron chi connectivity index (χ1n) is 3.99. The summed E-state index contributed by atoms with van der Waals surface area (Å²) in [6, 6.07) is 0.